The van der Waals surface area contributed by atoms with Gasteiger partial charge in [0.05, 0.1) is 5.54 Å². The van der Waals surface area contributed by atoms with Crippen LogP contribution in [0.4, 0.5) is 0 Å². The van der Waals surface area contributed by atoms with E-state index in [1.54, 1.807) is 0 Å². The Hall–Kier alpha value is -4.10. The van der Waals surface area contributed by atoms with E-state index >= 15 is 0 Å². The topological polar surface area (TPSA) is 79.7 Å². The van der Waals surface area contributed by atoms with Crippen LogP contribution < -0.4 is 5.56 Å². The smallest absolute Gasteiger partial charge is 0.253 e. The lowest BCUT2D eigenvalue weighted by atomic mass is 9.98. The van der Waals surface area contributed by atoms with Crippen LogP contribution in [0, 0.1) is 0 Å². The van der Waals surface area contributed by atoms with Gasteiger partial charge in [-0.2, -0.15) is 0 Å². The monoisotopic (exact) mass is 534 g/mol. The molecule has 7 heteroatoms. The van der Waals surface area contributed by atoms with Crippen molar-refractivity contribution in [2.24, 2.45) is 0 Å². The van der Waals surface area contributed by atoms with Gasteiger partial charge in [0.25, 0.3) is 5.56 Å². The number of benzene rings is 3. The lowest BCUT2D eigenvalue weighted by Crippen LogP contribution is -2.39. The Bertz CT molecular complexity index is 1610. The highest BCUT2D eigenvalue weighted by molar-refractivity contribution is 5.80. The van der Waals surface area contributed by atoms with Gasteiger partial charge in [-0.1, -0.05) is 80.6 Å². The number of aromatic amines is 1. The first-order chi connectivity index (χ1) is 19.4. The van der Waals surface area contributed by atoms with Gasteiger partial charge in [0.1, 0.15) is 6.04 Å². The molecule has 2 heterocycles. The third kappa shape index (κ3) is 5.89. The van der Waals surface area contributed by atoms with Gasteiger partial charge in [-0.05, 0) is 83.8 Å². The molecule has 0 radical (unpaired) electrons. The van der Waals surface area contributed by atoms with Crippen LogP contribution in [0.1, 0.15) is 68.2 Å². The zero-order chi connectivity index (χ0) is 28.1. The molecular weight excluding hydrogens is 496 g/mol. The first-order valence-corrected chi connectivity index (χ1v) is 14.2. The first kappa shape index (κ1) is 27.5. The van der Waals surface area contributed by atoms with E-state index < -0.39 is 6.04 Å². The largest absolute Gasteiger partial charge is 0.322 e. The zero-order valence-electron chi connectivity index (χ0n) is 23.8. The number of H-pyrrole nitrogens is 1. The van der Waals surface area contributed by atoms with Crippen LogP contribution >= 0.6 is 0 Å². The van der Waals surface area contributed by atoms with E-state index in [-0.39, 0.29) is 11.1 Å². The maximum absolute atomic E-state index is 13.8. The van der Waals surface area contributed by atoms with Crippen LogP contribution in [0.2, 0.25) is 0 Å². The Kier molecular flexibility index (Phi) is 8.21. The van der Waals surface area contributed by atoms with Crippen molar-refractivity contribution in [2.45, 2.75) is 65.1 Å². The van der Waals surface area contributed by atoms with Gasteiger partial charge in [-0.3, -0.25) is 9.69 Å². The standard InChI is InChI=1S/C33H38N6O/c1-5-24-17-18-29-27(21-24)22-28(32(40)34-29)30(31-35-36-37-39(31)33(3,4)6-2)38(23-26-15-11-8-12-16-26)20-19-25-13-9-7-10-14-25/h7-18,21-22,30H,5-6,19-20,23H2,1-4H3,(H,34,40)/t30-/m1/s1. The minimum absolute atomic E-state index is 0.122. The number of nitrogens with zero attached hydrogens (tertiary/aromatic N) is 5. The van der Waals surface area contributed by atoms with Gasteiger partial charge in [-0.15, -0.1) is 5.10 Å². The second kappa shape index (κ2) is 12.0. The maximum atomic E-state index is 13.8. The lowest BCUT2D eigenvalue weighted by Gasteiger charge is -2.33. The minimum atomic E-state index is -0.455. The molecule has 0 aliphatic rings. The molecule has 0 aliphatic heterocycles. The molecule has 3 aromatic carbocycles. The van der Waals surface area contributed by atoms with Crippen molar-refractivity contribution in [3.8, 4) is 0 Å². The Labute approximate surface area is 235 Å². The third-order valence-electron chi connectivity index (χ3n) is 7.94. The molecule has 0 unspecified atom stereocenters. The number of tetrazole rings is 1. The van der Waals surface area contributed by atoms with E-state index in [2.05, 4.69) is 114 Å². The van der Waals surface area contributed by atoms with E-state index in [9.17, 15) is 4.79 Å². The summed E-state index contributed by atoms with van der Waals surface area (Å²) >= 11 is 0. The summed E-state index contributed by atoms with van der Waals surface area (Å²) in [6.07, 6.45) is 2.59. The fourth-order valence-corrected chi connectivity index (χ4v) is 5.18. The Morgan fingerprint density at radius 2 is 1.60 bits per heavy atom. The van der Waals surface area contributed by atoms with Gasteiger partial charge >= 0.3 is 0 Å². The summed E-state index contributed by atoms with van der Waals surface area (Å²) in [6.45, 7) is 9.90. The molecule has 1 atom stereocenters. The van der Waals surface area contributed by atoms with Crippen molar-refractivity contribution < 1.29 is 0 Å². The minimum Gasteiger partial charge on any atom is -0.322 e. The Morgan fingerprint density at radius 1 is 0.900 bits per heavy atom. The van der Waals surface area contributed by atoms with E-state index in [0.29, 0.717) is 17.9 Å². The number of hydrogen-bond acceptors (Lipinski definition) is 5. The summed E-state index contributed by atoms with van der Waals surface area (Å²) in [4.78, 5) is 19.3. The van der Waals surface area contributed by atoms with Crippen molar-refractivity contribution in [3.05, 3.63) is 123 Å². The molecule has 40 heavy (non-hydrogen) atoms. The second-order valence-corrected chi connectivity index (χ2v) is 11.0. The first-order valence-electron chi connectivity index (χ1n) is 14.2. The summed E-state index contributed by atoms with van der Waals surface area (Å²) < 4.78 is 1.91. The molecule has 0 fully saturated rings. The van der Waals surface area contributed by atoms with Crippen LogP contribution in [0.15, 0.2) is 89.7 Å². The maximum Gasteiger partial charge on any atom is 0.253 e. The molecule has 0 spiro atoms. The van der Waals surface area contributed by atoms with Crippen LogP contribution in [-0.2, 0) is 24.9 Å². The van der Waals surface area contributed by atoms with Crippen molar-refractivity contribution in [2.75, 3.05) is 6.54 Å². The van der Waals surface area contributed by atoms with Crippen LogP contribution in [0.3, 0.4) is 0 Å². The fourth-order valence-electron chi connectivity index (χ4n) is 5.18. The molecule has 206 valence electrons. The SMILES string of the molecule is CCc1ccc2[nH]c(=O)c([C@H](c3nnnn3C(C)(C)CC)N(CCc3ccccc3)Cc3ccccc3)cc2c1. The number of aromatic nitrogens is 5. The molecule has 0 saturated carbocycles. The predicted octanol–water partition coefficient (Wildman–Crippen LogP) is 6.06. The van der Waals surface area contributed by atoms with Gasteiger partial charge in [0, 0.05) is 24.2 Å². The van der Waals surface area contributed by atoms with E-state index in [1.807, 2.05) is 28.9 Å². The molecule has 1 N–H and O–H groups in total. The number of hydrogen-bond donors (Lipinski definition) is 1. The second-order valence-electron chi connectivity index (χ2n) is 11.0. The van der Waals surface area contributed by atoms with Crippen molar-refractivity contribution >= 4 is 10.9 Å². The van der Waals surface area contributed by atoms with E-state index in [4.69, 9.17) is 0 Å². The molecule has 2 aromatic heterocycles. The van der Waals surface area contributed by atoms with Crippen LogP contribution in [-0.4, -0.2) is 36.6 Å². The molecule has 0 aliphatic carbocycles. The van der Waals surface area contributed by atoms with Crippen molar-refractivity contribution in [1.29, 1.82) is 0 Å². The Morgan fingerprint density at radius 3 is 2.27 bits per heavy atom. The van der Waals surface area contributed by atoms with Gasteiger partial charge < -0.3 is 4.98 Å². The number of pyridine rings is 1. The summed E-state index contributed by atoms with van der Waals surface area (Å²) in [5.74, 6) is 0.673. The molecule has 7 nitrogen and oxygen atoms in total. The summed E-state index contributed by atoms with van der Waals surface area (Å²) in [6, 6.07) is 28.7. The molecule has 0 amide bonds. The number of aryl methyl sites for hydroxylation is 1. The van der Waals surface area contributed by atoms with E-state index in [0.717, 1.165) is 36.7 Å². The summed E-state index contributed by atoms with van der Waals surface area (Å²) in [5, 5.41) is 14.2. The third-order valence-corrected chi connectivity index (χ3v) is 7.94. The van der Waals surface area contributed by atoms with Gasteiger partial charge in [-0.25, -0.2) is 4.68 Å². The molecular formula is C33H38N6O. The zero-order valence-corrected chi connectivity index (χ0v) is 23.8. The summed E-state index contributed by atoms with van der Waals surface area (Å²) in [5.41, 5.74) is 4.67. The Balaban J connectivity index is 1.69. The average molecular weight is 535 g/mol. The molecule has 5 rings (SSSR count). The van der Waals surface area contributed by atoms with Crippen LogP contribution in [0.25, 0.3) is 10.9 Å². The van der Waals surface area contributed by atoms with Gasteiger partial charge in [0.2, 0.25) is 0 Å². The summed E-state index contributed by atoms with van der Waals surface area (Å²) in [7, 11) is 0. The quantitative estimate of drug-likeness (QED) is 0.223. The number of fused-ring (bicyclic) bond motifs is 1. The molecule has 0 saturated heterocycles. The highest BCUT2D eigenvalue weighted by atomic mass is 16.1. The lowest BCUT2D eigenvalue weighted by molar-refractivity contribution is 0.190. The van der Waals surface area contributed by atoms with Gasteiger partial charge in [0.15, 0.2) is 5.82 Å². The molecule has 0 bridgehead atoms. The van der Waals surface area contributed by atoms with Crippen molar-refractivity contribution in [3.63, 3.8) is 0 Å². The highest BCUT2D eigenvalue weighted by Crippen LogP contribution is 2.32. The predicted molar refractivity (Wildman–Crippen MR) is 160 cm³/mol. The fraction of sp³-hybridized carbons (Fsp3) is 0.333. The number of nitrogens with one attached hydrogen (secondary N) is 1. The van der Waals surface area contributed by atoms with E-state index in [1.165, 1.54) is 16.7 Å². The highest BCUT2D eigenvalue weighted by Gasteiger charge is 2.34. The van der Waals surface area contributed by atoms with Crippen molar-refractivity contribution in [1.82, 2.24) is 30.1 Å². The molecule has 5 aromatic rings. The number of rotatable bonds is 11. The normalized spacial score (nSPS) is 12.7. The van der Waals surface area contributed by atoms with Crippen LogP contribution in [0.5, 0.6) is 0 Å². The average Bonchev–Trinajstić information content (AvgIpc) is 3.47.